The maximum absolute atomic E-state index is 3.25. The fourth-order valence-electron chi connectivity index (χ4n) is 1.03. The molecule has 0 bridgehead atoms. The lowest BCUT2D eigenvalue weighted by Crippen LogP contribution is -1.68. The highest BCUT2D eigenvalue weighted by molar-refractivity contribution is 5.06. The predicted molar refractivity (Wildman–Crippen MR) is 53.7 cm³/mol. The quantitative estimate of drug-likeness (QED) is 0.474. The molecular weight excluding hydrogens is 144 g/mol. The van der Waals surface area contributed by atoms with Crippen molar-refractivity contribution in [2.75, 3.05) is 0 Å². The van der Waals surface area contributed by atoms with Crippen LogP contribution in [0.15, 0.2) is 42.5 Å². The van der Waals surface area contributed by atoms with Gasteiger partial charge >= 0.3 is 0 Å². The van der Waals surface area contributed by atoms with Crippen LogP contribution in [0.2, 0.25) is 0 Å². The molecule has 0 heterocycles. The first kappa shape index (κ1) is 9.05. The zero-order chi connectivity index (χ0) is 8.49. The van der Waals surface area contributed by atoms with E-state index < -0.39 is 0 Å². The molecule has 0 N–H and O–H groups in total. The van der Waals surface area contributed by atoms with Crippen LogP contribution in [0.25, 0.3) is 0 Å². The van der Waals surface area contributed by atoms with Crippen molar-refractivity contribution in [3.8, 4) is 0 Å². The first-order valence-corrected chi connectivity index (χ1v) is 4.52. The summed E-state index contributed by atoms with van der Waals surface area (Å²) >= 11 is 0. The van der Waals surface area contributed by atoms with E-state index in [1.54, 1.807) is 0 Å². The average Bonchev–Trinajstić information content (AvgIpc) is 2.05. The Hall–Kier alpha value is -1.04. The Labute approximate surface area is 75.0 Å². The van der Waals surface area contributed by atoms with Gasteiger partial charge < -0.3 is 0 Å². The van der Waals surface area contributed by atoms with E-state index in [2.05, 4.69) is 48.6 Å². The summed E-state index contributed by atoms with van der Waals surface area (Å²) in [6, 6.07) is 0. The van der Waals surface area contributed by atoms with E-state index in [0.717, 1.165) is 25.7 Å². The molecule has 0 spiro atoms. The van der Waals surface area contributed by atoms with Crippen LogP contribution in [0, 0.1) is 6.08 Å². The fraction of sp³-hybridized carbons (Fsp3) is 0.333. The molecule has 0 aromatic carbocycles. The van der Waals surface area contributed by atoms with Crippen LogP contribution in [0.1, 0.15) is 25.7 Å². The third-order valence-electron chi connectivity index (χ3n) is 1.68. The molecule has 0 aromatic heterocycles. The van der Waals surface area contributed by atoms with Crippen molar-refractivity contribution < 1.29 is 0 Å². The number of allylic oxidation sites excluding steroid dienone is 8. The highest BCUT2D eigenvalue weighted by Gasteiger charge is 1.78. The van der Waals surface area contributed by atoms with Crippen LogP contribution >= 0.6 is 0 Å². The normalized spacial score (nSPS) is 29.3. The SMILES string of the molecule is [C]1=C\C/C=C\C=C\C/C=C\CC/1. The maximum Gasteiger partial charge on any atom is -0.0160 e. The molecule has 0 heteroatoms. The summed E-state index contributed by atoms with van der Waals surface area (Å²) in [5.74, 6) is 0. The molecule has 0 unspecified atom stereocenters. The predicted octanol–water partition coefficient (Wildman–Crippen LogP) is 3.59. The molecule has 0 nitrogen and oxygen atoms in total. The highest BCUT2D eigenvalue weighted by atomic mass is 13.8. The van der Waals surface area contributed by atoms with Crippen molar-refractivity contribution in [2.45, 2.75) is 25.7 Å². The molecule has 0 fully saturated rings. The van der Waals surface area contributed by atoms with Gasteiger partial charge in [0.1, 0.15) is 0 Å². The van der Waals surface area contributed by atoms with Gasteiger partial charge in [-0.3, -0.25) is 0 Å². The molecule has 0 atom stereocenters. The summed E-state index contributed by atoms with van der Waals surface area (Å²) in [7, 11) is 0. The van der Waals surface area contributed by atoms with Gasteiger partial charge in [-0.1, -0.05) is 42.5 Å². The van der Waals surface area contributed by atoms with Crippen molar-refractivity contribution in [1.82, 2.24) is 0 Å². The third-order valence-corrected chi connectivity index (χ3v) is 1.68. The largest absolute Gasteiger partial charge is 0.0879 e. The molecule has 1 rings (SSSR count). The van der Waals surface area contributed by atoms with Crippen molar-refractivity contribution in [3.05, 3.63) is 48.6 Å². The molecule has 12 heavy (non-hydrogen) atoms. The van der Waals surface area contributed by atoms with Gasteiger partial charge in [-0.2, -0.15) is 0 Å². The molecule has 0 aromatic rings. The minimum absolute atomic E-state index is 1.01. The summed E-state index contributed by atoms with van der Waals surface area (Å²) in [5.41, 5.74) is 0. The molecule has 0 saturated carbocycles. The Bertz CT molecular complexity index is 180. The van der Waals surface area contributed by atoms with Crippen LogP contribution in [0.5, 0.6) is 0 Å². The average molecular weight is 159 g/mol. The second-order valence-corrected chi connectivity index (χ2v) is 2.75. The molecule has 0 aliphatic heterocycles. The lowest BCUT2D eigenvalue weighted by molar-refractivity contribution is 1.01. The zero-order valence-electron chi connectivity index (χ0n) is 7.37. The van der Waals surface area contributed by atoms with Crippen molar-refractivity contribution in [3.63, 3.8) is 0 Å². The number of hydrogen-bond acceptors (Lipinski definition) is 0. The van der Waals surface area contributed by atoms with E-state index in [1.165, 1.54) is 0 Å². The Morgan fingerprint density at radius 1 is 0.833 bits per heavy atom. The Morgan fingerprint density at radius 3 is 2.58 bits per heavy atom. The summed E-state index contributed by atoms with van der Waals surface area (Å²) in [6.45, 7) is 0. The van der Waals surface area contributed by atoms with E-state index in [-0.39, 0.29) is 0 Å². The van der Waals surface area contributed by atoms with Gasteiger partial charge in [-0.05, 0) is 31.8 Å². The van der Waals surface area contributed by atoms with Crippen molar-refractivity contribution in [2.24, 2.45) is 0 Å². The minimum atomic E-state index is 1.01. The van der Waals surface area contributed by atoms with Gasteiger partial charge in [0.15, 0.2) is 0 Å². The van der Waals surface area contributed by atoms with E-state index >= 15 is 0 Å². The van der Waals surface area contributed by atoms with Crippen LogP contribution in [-0.4, -0.2) is 0 Å². The Kier molecular flexibility index (Phi) is 5.02. The number of rotatable bonds is 0. The van der Waals surface area contributed by atoms with Gasteiger partial charge in [-0.25, -0.2) is 0 Å². The second-order valence-electron chi connectivity index (χ2n) is 2.75. The smallest absolute Gasteiger partial charge is 0.0160 e. The molecule has 1 radical (unpaired) electrons. The minimum Gasteiger partial charge on any atom is -0.0879 e. The lowest BCUT2D eigenvalue weighted by Gasteiger charge is -1.87. The second kappa shape index (κ2) is 6.66. The van der Waals surface area contributed by atoms with E-state index in [1.807, 2.05) is 0 Å². The van der Waals surface area contributed by atoms with Crippen LogP contribution in [-0.2, 0) is 0 Å². The molecule has 0 saturated heterocycles. The number of hydrogen-bond donors (Lipinski definition) is 0. The maximum atomic E-state index is 3.25. The van der Waals surface area contributed by atoms with Gasteiger partial charge in [0.05, 0.1) is 0 Å². The van der Waals surface area contributed by atoms with Gasteiger partial charge in [0.25, 0.3) is 0 Å². The topological polar surface area (TPSA) is 0 Å². The summed E-state index contributed by atoms with van der Waals surface area (Å²) in [5, 5.41) is 0. The van der Waals surface area contributed by atoms with Gasteiger partial charge in [0, 0.05) is 0 Å². The van der Waals surface area contributed by atoms with Crippen LogP contribution in [0.4, 0.5) is 0 Å². The van der Waals surface area contributed by atoms with Crippen LogP contribution in [0.3, 0.4) is 0 Å². The Balaban J connectivity index is 2.41. The van der Waals surface area contributed by atoms with Crippen molar-refractivity contribution in [1.29, 1.82) is 0 Å². The first-order chi connectivity index (χ1) is 6.00. The van der Waals surface area contributed by atoms with Crippen molar-refractivity contribution >= 4 is 0 Å². The zero-order valence-corrected chi connectivity index (χ0v) is 7.37. The summed E-state index contributed by atoms with van der Waals surface area (Å²) in [4.78, 5) is 0. The molecule has 0 amide bonds. The molecular formula is C12H15. The molecule has 63 valence electrons. The fourth-order valence-corrected chi connectivity index (χ4v) is 1.03. The van der Waals surface area contributed by atoms with Gasteiger partial charge in [-0.15, -0.1) is 0 Å². The summed E-state index contributed by atoms with van der Waals surface area (Å²) in [6.07, 6.45) is 22.5. The molecule has 1 aliphatic carbocycles. The van der Waals surface area contributed by atoms with Gasteiger partial charge in [0.2, 0.25) is 0 Å². The standard InChI is InChI=1S/C12H15/c1-2-4-6-8-10-12-11-9-7-5-3-1/h1-4,7-9H,5-6,11-12H2/b3-1+,4-2-,9-7-,10-8?. The van der Waals surface area contributed by atoms with E-state index in [9.17, 15) is 0 Å². The highest BCUT2D eigenvalue weighted by Crippen LogP contribution is 1.97. The lowest BCUT2D eigenvalue weighted by atomic mass is 10.2. The summed E-state index contributed by atoms with van der Waals surface area (Å²) < 4.78 is 0. The third kappa shape index (κ3) is 4.73. The van der Waals surface area contributed by atoms with E-state index in [4.69, 9.17) is 0 Å². The first-order valence-electron chi connectivity index (χ1n) is 4.52. The van der Waals surface area contributed by atoms with E-state index in [0.29, 0.717) is 0 Å². The molecule has 1 aliphatic rings. The monoisotopic (exact) mass is 159 g/mol. The van der Waals surface area contributed by atoms with Crippen LogP contribution < -0.4 is 0 Å². The Morgan fingerprint density at radius 2 is 1.67 bits per heavy atom.